The summed E-state index contributed by atoms with van der Waals surface area (Å²) in [4.78, 5) is 6.87. The van der Waals surface area contributed by atoms with E-state index in [1.165, 1.54) is 12.8 Å². The Morgan fingerprint density at radius 1 is 1.24 bits per heavy atom. The average molecular weight is 488 g/mol. The number of aliphatic imine (C=N–C) groups is 1. The fourth-order valence-corrected chi connectivity index (χ4v) is 3.92. The molecule has 9 heteroatoms. The molecule has 1 aliphatic heterocycles. The molecule has 1 saturated carbocycles. The number of ether oxygens (including phenoxy) is 1. The van der Waals surface area contributed by atoms with Crippen molar-refractivity contribution in [1.29, 1.82) is 0 Å². The van der Waals surface area contributed by atoms with Gasteiger partial charge in [-0.05, 0) is 39.5 Å². The van der Waals surface area contributed by atoms with Crippen LogP contribution in [0, 0.1) is 5.92 Å². The van der Waals surface area contributed by atoms with Gasteiger partial charge in [-0.25, -0.2) is 8.42 Å². The molecule has 2 rings (SSSR count). The minimum Gasteiger partial charge on any atom is -0.378 e. The summed E-state index contributed by atoms with van der Waals surface area (Å²) in [5.41, 5.74) is 0. The maximum absolute atomic E-state index is 12.4. The van der Waals surface area contributed by atoms with Crippen molar-refractivity contribution in [1.82, 2.24) is 14.5 Å². The molecule has 0 aromatic carbocycles. The van der Waals surface area contributed by atoms with Crippen molar-refractivity contribution in [3.8, 4) is 0 Å². The van der Waals surface area contributed by atoms with E-state index < -0.39 is 10.0 Å². The maximum atomic E-state index is 12.4. The first-order chi connectivity index (χ1) is 11.4. The first-order valence-corrected chi connectivity index (χ1v) is 10.7. The molecule has 0 unspecified atom stereocenters. The zero-order valence-electron chi connectivity index (χ0n) is 15.6. The molecule has 1 saturated heterocycles. The van der Waals surface area contributed by atoms with Crippen molar-refractivity contribution in [3.63, 3.8) is 0 Å². The second-order valence-corrected chi connectivity index (χ2v) is 8.85. The predicted octanol–water partition coefficient (Wildman–Crippen LogP) is 1.35. The van der Waals surface area contributed by atoms with Gasteiger partial charge in [0, 0.05) is 39.3 Å². The van der Waals surface area contributed by atoms with Gasteiger partial charge in [-0.15, -0.1) is 24.0 Å². The molecule has 148 valence electrons. The summed E-state index contributed by atoms with van der Waals surface area (Å²) in [6, 6.07) is 0. The second kappa shape index (κ2) is 10.9. The maximum Gasteiger partial charge on any atom is 0.216 e. The van der Waals surface area contributed by atoms with E-state index in [-0.39, 0.29) is 42.4 Å². The standard InChI is InChI=1S/C16H32N4O3S.HI/c1-4-17-16(18-13-15-5-6-15)19-7-9-20(10-8-19)24(21,22)12-11-23-14(2)3;/h14-15H,4-13H2,1-3H3,(H,17,18);1H. The highest BCUT2D eigenvalue weighted by Gasteiger charge is 2.28. The number of nitrogens with one attached hydrogen (secondary N) is 1. The SMILES string of the molecule is CCNC(=NCC1CC1)N1CCN(S(=O)(=O)CCOC(C)C)CC1.I. The predicted molar refractivity (Wildman–Crippen MR) is 112 cm³/mol. The van der Waals surface area contributed by atoms with E-state index in [2.05, 4.69) is 17.1 Å². The third kappa shape index (κ3) is 7.96. The third-order valence-electron chi connectivity index (χ3n) is 4.26. The fraction of sp³-hybridized carbons (Fsp3) is 0.938. The molecular formula is C16H33IN4O3S. The minimum absolute atomic E-state index is 0. The number of rotatable bonds is 8. The van der Waals surface area contributed by atoms with E-state index in [0.29, 0.717) is 26.2 Å². The molecule has 2 fully saturated rings. The molecule has 0 bridgehead atoms. The Balaban J connectivity index is 0.00000312. The van der Waals surface area contributed by atoms with E-state index in [9.17, 15) is 8.42 Å². The van der Waals surface area contributed by atoms with E-state index in [1.54, 1.807) is 4.31 Å². The van der Waals surface area contributed by atoms with E-state index in [4.69, 9.17) is 9.73 Å². The fourth-order valence-electron chi connectivity index (χ4n) is 2.64. The van der Waals surface area contributed by atoms with Crippen molar-refractivity contribution < 1.29 is 13.2 Å². The van der Waals surface area contributed by atoms with Crippen LogP contribution in [-0.2, 0) is 14.8 Å². The van der Waals surface area contributed by atoms with Gasteiger partial charge < -0.3 is 15.0 Å². The number of piperazine rings is 1. The number of hydrogen-bond donors (Lipinski definition) is 1. The van der Waals surface area contributed by atoms with Crippen LogP contribution < -0.4 is 5.32 Å². The van der Waals surface area contributed by atoms with Crippen LogP contribution >= 0.6 is 24.0 Å². The number of nitrogens with zero attached hydrogens (tertiary/aromatic N) is 3. The molecule has 2 aliphatic rings. The van der Waals surface area contributed by atoms with Gasteiger partial charge in [0.05, 0.1) is 18.5 Å². The van der Waals surface area contributed by atoms with Crippen LogP contribution in [0.1, 0.15) is 33.6 Å². The summed E-state index contributed by atoms with van der Waals surface area (Å²) in [5, 5.41) is 3.32. The zero-order chi connectivity index (χ0) is 17.6. The lowest BCUT2D eigenvalue weighted by atomic mass is 10.4. The summed E-state index contributed by atoms with van der Waals surface area (Å²) in [6.45, 7) is 10.2. The first kappa shape index (κ1) is 22.9. The Morgan fingerprint density at radius 3 is 2.40 bits per heavy atom. The topological polar surface area (TPSA) is 74.2 Å². The number of hydrogen-bond acceptors (Lipinski definition) is 4. The van der Waals surface area contributed by atoms with Crippen molar-refractivity contribution in [2.24, 2.45) is 10.9 Å². The summed E-state index contributed by atoms with van der Waals surface area (Å²) >= 11 is 0. The van der Waals surface area contributed by atoms with Gasteiger partial charge in [-0.2, -0.15) is 4.31 Å². The Hall–Kier alpha value is -0.130. The largest absolute Gasteiger partial charge is 0.378 e. The molecule has 0 amide bonds. The van der Waals surface area contributed by atoms with Crippen LogP contribution in [-0.4, -0.2) is 81.3 Å². The van der Waals surface area contributed by atoms with Gasteiger partial charge in [-0.1, -0.05) is 0 Å². The minimum atomic E-state index is -3.23. The van der Waals surface area contributed by atoms with Gasteiger partial charge >= 0.3 is 0 Å². The number of sulfonamides is 1. The molecule has 0 aromatic rings. The van der Waals surface area contributed by atoms with Crippen LogP contribution in [0.4, 0.5) is 0 Å². The van der Waals surface area contributed by atoms with Gasteiger partial charge in [0.25, 0.3) is 0 Å². The Kier molecular flexibility index (Phi) is 9.97. The summed E-state index contributed by atoms with van der Waals surface area (Å²) in [7, 11) is -3.23. The molecular weight excluding hydrogens is 455 g/mol. The molecule has 1 aliphatic carbocycles. The van der Waals surface area contributed by atoms with E-state index in [1.807, 2.05) is 13.8 Å². The number of halogens is 1. The summed E-state index contributed by atoms with van der Waals surface area (Å²) in [6.07, 6.45) is 2.63. The molecule has 0 atom stereocenters. The lowest BCUT2D eigenvalue weighted by molar-refractivity contribution is 0.0904. The first-order valence-electron chi connectivity index (χ1n) is 9.05. The van der Waals surface area contributed by atoms with Gasteiger partial charge in [-0.3, -0.25) is 4.99 Å². The van der Waals surface area contributed by atoms with E-state index >= 15 is 0 Å². The molecule has 1 heterocycles. The van der Waals surface area contributed by atoms with Crippen molar-refractivity contribution >= 4 is 40.0 Å². The van der Waals surface area contributed by atoms with Crippen LogP contribution in [0.5, 0.6) is 0 Å². The Labute approximate surface area is 169 Å². The highest BCUT2D eigenvalue weighted by molar-refractivity contribution is 14.0. The lowest BCUT2D eigenvalue weighted by Crippen LogP contribution is -2.54. The molecule has 0 spiro atoms. The molecule has 0 radical (unpaired) electrons. The van der Waals surface area contributed by atoms with Crippen molar-refractivity contribution in [3.05, 3.63) is 0 Å². The van der Waals surface area contributed by atoms with Crippen molar-refractivity contribution in [2.75, 3.05) is 51.6 Å². The lowest BCUT2D eigenvalue weighted by Gasteiger charge is -2.36. The van der Waals surface area contributed by atoms with Crippen LogP contribution in [0.2, 0.25) is 0 Å². The van der Waals surface area contributed by atoms with E-state index in [0.717, 1.165) is 25.0 Å². The zero-order valence-corrected chi connectivity index (χ0v) is 18.8. The molecule has 0 aromatic heterocycles. The van der Waals surface area contributed by atoms with Gasteiger partial charge in [0.2, 0.25) is 10.0 Å². The highest BCUT2D eigenvalue weighted by Crippen LogP contribution is 2.28. The smallest absolute Gasteiger partial charge is 0.216 e. The van der Waals surface area contributed by atoms with Gasteiger partial charge in [0.1, 0.15) is 0 Å². The molecule has 25 heavy (non-hydrogen) atoms. The monoisotopic (exact) mass is 488 g/mol. The van der Waals surface area contributed by atoms with Crippen molar-refractivity contribution in [2.45, 2.75) is 39.7 Å². The van der Waals surface area contributed by atoms with Crippen LogP contribution in [0.3, 0.4) is 0 Å². The summed E-state index contributed by atoms with van der Waals surface area (Å²) < 4.78 is 31.7. The quantitative estimate of drug-likeness (QED) is 0.317. The highest BCUT2D eigenvalue weighted by atomic mass is 127. The van der Waals surface area contributed by atoms with Crippen LogP contribution in [0.15, 0.2) is 4.99 Å². The number of guanidine groups is 1. The molecule has 1 N–H and O–H groups in total. The third-order valence-corrected chi connectivity index (χ3v) is 6.09. The Bertz CT molecular complexity index is 515. The normalized spacial score (nSPS) is 19.8. The van der Waals surface area contributed by atoms with Gasteiger partial charge in [0.15, 0.2) is 5.96 Å². The summed E-state index contributed by atoms with van der Waals surface area (Å²) in [5.74, 6) is 1.73. The molecule has 7 nitrogen and oxygen atoms in total. The second-order valence-electron chi connectivity index (χ2n) is 6.76. The average Bonchev–Trinajstić information content (AvgIpc) is 3.35. The van der Waals surface area contributed by atoms with Crippen LogP contribution in [0.25, 0.3) is 0 Å². The Morgan fingerprint density at radius 2 is 1.88 bits per heavy atom.